The van der Waals surface area contributed by atoms with Crippen LogP contribution < -0.4 is 0 Å². The van der Waals surface area contributed by atoms with Crippen molar-refractivity contribution in [1.29, 1.82) is 0 Å². The van der Waals surface area contributed by atoms with E-state index >= 15 is 0 Å². The second-order valence-corrected chi connectivity index (χ2v) is 4.84. The highest BCUT2D eigenvalue weighted by atomic mass is 127. The van der Waals surface area contributed by atoms with Gasteiger partial charge in [0.15, 0.2) is 0 Å². The second kappa shape index (κ2) is 4.06. The van der Waals surface area contributed by atoms with Crippen molar-refractivity contribution >= 4 is 40.1 Å². The molecule has 0 radical (unpaired) electrons. The van der Waals surface area contributed by atoms with Gasteiger partial charge in [-0.3, -0.25) is 4.79 Å². The number of hydrogen-bond donors (Lipinski definition) is 0. The summed E-state index contributed by atoms with van der Waals surface area (Å²) < 4.78 is 0.927. The van der Waals surface area contributed by atoms with E-state index in [0.29, 0.717) is 5.02 Å². The van der Waals surface area contributed by atoms with Crippen LogP contribution in [0.25, 0.3) is 0 Å². The Balaban J connectivity index is 2.23. The fraction of sp³-hybridized carbons (Fsp3) is 0.300. The lowest BCUT2D eigenvalue weighted by molar-refractivity contribution is 0.0652. The van der Waals surface area contributed by atoms with Crippen molar-refractivity contribution in [2.75, 3.05) is 13.1 Å². The Morgan fingerprint density at radius 3 is 2.64 bits per heavy atom. The fourth-order valence-corrected chi connectivity index (χ4v) is 1.96. The van der Waals surface area contributed by atoms with Crippen molar-refractivity contribution in [1.82, 2.24) is 4.90 Å². The van der Waals surface area contributed by atoms with Crippen LogP contribution in [0, 0.1) is 3.57 Å². The molecule has 0 bridgehead atoms. The zero-order valence-corrected chi connectivity index (χ0v) is 10.4. The zero-order valence-electron chi connectivity index (χ0n) is 7.46. The maximum Gasteiger partial charge on any atom is 0.253 e. The van der Waals surface area contributed by atoms with Gasteiger partial charge in [-0.2, -0.15) is 0 Å². The molecule has 0 spiro atoms. The molecule has 0 aromatic heterocycles. The molecule has 1 heterocycles. The smallest absolute Gasteiger partial charge is 0.253 e. The molecule has 0 N–H and O–H groups in total. The molecule has 74 valence electrons. The van der Waals surface area contributed by atoms with E-state index in [4.69, 9.17) is 11.6 Å². The molecule has 0 unspecified atom stereocenters. The molecule has 1 fully saturated rings. The number of benzene rings is 1. The van der Waals surface area contributed by atoms with Crippen molar-refractivity contribution in [3.63, 3.8) is 0 Å². The maximum atomic E-state index is 11.8. The molecule has 1 saturated heterocycles. The lowest BCUT2D eigenvalue weighted by Gasteiger charge is -2.30. The summed E-state index contributed by atoms with van der Waals surface area (Å²) in [5, 5.41) is 0.700. The first-order chi connectivity index (χ1) is 6.68. The van der Waals surface area contributed by atoms with Gasteiger partial charge in [-0.25, -0.2) is 0 Å². The topological polar surface area (TPSA) is 20.3 Å². The first-order valence-electron chi connectivity index (χ1n) is 4.43. The Labute approximate surface area is 101 Å². The first-order valence-corrected chi connectivity index (χ1v) is 5.88. The van der Waals surface area contributed by atoms with E-state index in [9.17, 15) is 4.79 Å². The number of rotatable bonds is 1. The van der Waals surface area contributed by atoms with E-state index in [1.54, 1.807) is 12.1 Å². The number of amides is 1. The molecule has 2 rings (SSSR count). The van der Waals surface area contributed by atoms with Gasteiger partial charge in [-0.05, 0) is 47.2 Å². The van der Waals surface area contributed by atoms with Crippen molar-refractivity contribution in [3.05, 3.63) is 32.4 Å². The zero-order chi connectivity index (χ0) is 10.1. The summed E-state index contributed by atoms with van der Waals surface area (Å²) in [6, 6.07) is 5.39. The van der Waals surface area contributed by atoms with E-state index in [-0.39, 0.29) is 5.91 Å². The van der Waals surface area contributed by atoms with E-state index in [1.165, 1.54) is 0 Å². The molecule has 2 nitrogen and oxygen atoms in total. The Morgan fingerprint density at radius 2 is 2.14 bits per heavy atom. The predicted octanol–water partition coefficient (Wildman–Crippen LogP) is 2.79. The first kappa shape index (κ1) is 10.2. The number of hydrogen-bond acceptors (Lipinski definition) is 1. The Hall–Kier alpha value is -0.290. The van der Waals surface area contributed by atoms with Gasteiger partial charge in [0.05, 0.1) is 5.02 Å². The molecule has 1 aliphatic heterocycles. The molecule has 0 aliphatic carbocycles. The maximum absolute atomic E-state index is 11.8. The average Bonchev–Trinajstić information content (AvgIpc) is 2.06. The standard InChI is InChI=1S/C10H9ClINO/c11-8-3-2-7(6-9(8)12)10(14)13-4-1-5-13/h2-3,6H,1,4-5H2. The van der Waals surface area contributed by atoms with Crippen LogP contribution in [0.2, 0.25) is 5.02 Å². The van der Waals surface area contributed by atoms with Crippen LogP contribution in [0.1, 0.15) is 16.8 Å². The number of likely N-dealkylation sites (tertiary alicyclic amines) is 1. The number of carbonyl (C=O) groups is 1. The van der Waals surface area contributed by atoms with Gasteiger partial charge in [0.2, 0.25) is 0 Å². The van der Waals surface area contributed by atoms with Crippen molar-refractivity contribution < 1.29 is 4.79 Å². The minimum atomic E-state index is 0.117. The highest BCUT2D eigenvalue weighted by molar-refractivity contribution is 14.1. The summed E-state index contributed by atoms with van der Waals surface area (Å²) in [6.45, 7) is 1.77. The summed E-state index contributed by atoms with van der Waals surface area (Å²) in [5.41, 5.74) is 0.735. The average molecular weight is 322 g/mol. The monoisotopic (exact) mass is 321 g/mol. The van der Waals surface area contributed by atoms with Crippen LogP contribution in [0.4, 0.5) is 0 Å². The van der Waals surface area contributed by atoms with Gasteiger partial charge in [-0.1, -0.05) is 11.6 Å². The van der Waals surface area contributed by atoms with E-state index in [0.717, 1.165) is 28.6 Å². The van der Waals surface area contributed by atoms with Crippen LogP contribution in [0.3, 0.4) is 0 Å². The lowest BCUT2D eigenvalue weighted by atomic mass is 10.1. The quantitative estimate of drug-likeness (QED) is 0.728. The van der Waals surface area contributed by atoms with Crippen LogP contribution in [-0.2, 0) is 0 Å². The van der Waals surface area contributed by atoms with E-state index in [1.807, 2.05) is 11.0 Å². The molecule has 4 heteroatoms. The number of halogens is 2. The van der Waals surface area contributed by atoms with Gasteiger partial charge in [0, 0.05) is 22.2 Å². The van der Waals surface area contributed by atoms with E-state index < -0.39 is 0 Å². The molecule has 1 aromatic carbocycles. The number of nitrogens with zero attached hydrogens (tertiary/aromatic N) is 1. The highest BCUT2D eigenvalue weighted by Crippen LogP contribution is 2.21. The van der Waals surface area contributed by atoms with Gasteiger partial charge >= 0.3 is 0 Å². The summed E-state index contributed by atoms with van der Waals surface area (Å²) in [4.78, 5) is 13.6. The summed E-state index contributed by atoms with van der Waals surface area (Å²) in [6.07, 6.45) is 1.12. The van der Waals surface area contributed by atoms with Crippen molar-refractivity contribution in [2.24, 2.45) is 0 Å². The second-order valence-electron chi connectivity index (χ2n) is 3.27. The third-order valence-corrected chi connectivity index (χ3v) is 3.85. The van der Waals surface area contributed by atoms with Crippen molar-refractivity contribution in [3.8, 4) is 0 Å². The van der Waals surface area contributed by atoms with E-state index in [2.05, 4.69) is 22.6 Å². The fourth-order valence-electron chi connectivity index (χ4n) is 1.33. The Morgan fingerprint density at radius 1 is 1.43 bits per heavy atom. The number of carbonyl (C=O) groups excluding carboxylic acids is 1. The van der Waals surface area contributed by atoms with Gasteiger partial charge in [0.25, 0.3) is 5.91 Å². The Bertz CT molecular complexity index is 376. The molecule has 1 amide bonds. The molecule has 0 saturated carbocycles. The molecule has 14 heavy (non-hydrogen) atoms. The predicted molar refractivity (Wildman–Crippen MR) is 64.7 cm³/mol. The molecule has 0 atom stereocenters. The van der Waals surface area contributed by atoms with Gasteiger partial charge in [0.1, 0.15) is 0 Å². The minimum Gasteiger partial charge on any atom is -0.339 e. The molecule has 1 aliphatic rings. The van der Waals surface area contributed by atoms with Crippen molar-refractivity contribution in [2.45, 2.75) is 6.42 Å². The van der Waals surface area contributed by atoms with Gasteiger partial charge < -0.3 is 4.90 Å². The third-order valence-electron chi connectivity index (χ3n) is 2.31. The summed E-state index contributed by atoms with van der Waals surface area (Å²) >= 11 is 8.01. The molecular weight excluding hydrogens is 312 g/mol. The highest BCUT2D eigenvalue weighted by Gasteiger charge is 2.21. The third kappa shape index (κ3) is 1.88. The minimum absolute atomic E-state index is 0.117. The normalized spacial score (nSPS) is 15.1. The summed E-state index contributed by atoms with van der Waals surface area (Å²) in [5.74, 6) is 0.117. The molecular formula is C10H9ClINO. The SMILES string of the molecule is O=C(c1ccc(Cl)c(I)c1)N1CCC1. The lowest BCUT2D eigenvalue weighted by Crippen LogP contribution is -2.42. The summed E-state index contributed by atoms with van der Waals surface area (Å²) in [7, 11) is 0. The molecule has 1 aromatic rings. The van der Waals surface area contributed by atoms with Crippen LogP contribution in [0.5, 0.6) is 0 Å². The van der Waals surface area contributed by atoms with Gasteiger partial charge in [-0.15, -0.1) is 0 Å². The van der Waals surface area contributed by atoms with Crippen LogP contribution in [-0.4, -0.2) is 23.9 Å². The van der Waals surface area contributed by atoms with Crippen LogP contribution >= 0.6 is 34.2 Å². The van der Waals surface area contributed by atoms with Crippen LogP contribution in [0.15, 0.2) is 18.2 Å². The largest absolute Gasteiger partial charge is 0.339 e. The Kier molecular flexibility index (Phi) is 2.97.